The summed E-state index contributed by atoms with van der Waals surface area (Å²) in [4.78, 5) is 4.28. The molecule has 0 atom stereocenters. The quantitative estimate of drug-likeness (QED) is 0.682. The standard InChI is InChI=1S/C12H8BrN3/c13-10-8-15-16-11(6-7-14-12(10)16)9-4-2-1-3-5-9/h1-8H. The Hall–Kier alpha value is -1.68. The number of aromatic nitrogens is 3. The SMILES string of the molecule is Brc1cnn2c(-c3ccccc3)ccnc12. The molecular weight excluding hydrogens is 266 g/mol. The van der Waals surface area contributed by atoms with Crippen LogP contribution in [0.1, 0.15) is 0 Å². The molecule has 4 heteroatoms. The Balaban J connectivity index is 2.32. The van der Waals surface area contributed by atoms with E-state index < -0.39 is 0 Å². The highest BCUT2D eigenvalue weighted by molar-refractivity contribution is 9.10. The van der Waals surface area contributed by atoms with Crippen LogP contribution in [0.3, 0.4) is 0 Å². The van der Waals surface area contributed by atoms with Crippen LogP contribution in [0.15, 0.2) is 53.3 Å². The molecule has 0 saturated heterocycles. The highest BCUT2D eigenvalue weighted by atomic mass is 79.9. The monoisotopic (exact) mass is 273 g/mol. The number of hydrogen-bond acceptors (Lipinski definition) is 2. The van der Waals surface area contributed by atoms with Gasteiger partial charge in [0.1, 0.15) is 0 Å². The van der Waals surface area contributed by atoms with Crippen LogP contribution in [0, 0.1) is 0 Å². The lowest BCUT2D eigenvalue weighted by Crippen LogP contribution is -1.94. The van der Waals surface area contributed by atoms with E-state index in [1.165, 1.54) is 0 Å². The van der Waals surface area contributed by atoms with Gasteiger partial charge in [-0.25, -0.2) is 9.50 Å². The van der Waals surface area contributed by atoms with Crippen molar-refractivity contribution < 1.29 is 0 Å². The van der Waals surface area contributed by atoms with Gasteiger partial charge in [0.15, 0.2) is 5.65 Å². The molecule has 16 heavy (non-hydrogen) atoms. The Kier molecular flexibility index (Phi) is 2.22. The van der Waals surface area contributed by atoms with Gasteiger partial charge in [0.05, 0.1) is 16.4 Å². The largest absolute Gasteiger partial charge is 0.236 e. The van der Waals surface area contributed by atoms with Crippen LogP contribution in [-0.4, -0.2) is 14.6 Å². The number of halogens is 1. The van der Waals surface area contributed by atoms with Crippen LogP contribution in [0.4, 0.5) is 0 Å². The maximum atomic E-state index is 4.30. The highest BCUT2D eigenvalue weighted by Crippen LogP contribution is 2.22. The summed E-state index contributed by atoms with van der Waals surface area (Å²) in [5.74, 6) is 0. The van der Waals surface area contributed by atoms with E-state index in [4.69, 9.17) is 0 Å². The van der Waals surface area contributed by atoms with Gasteiger partial charge in [-0.15, -0.1) is 0 Å². The second-order valence-electron chi connectivity index (χ2n) is 3.42. The highest BCUT2D eigenvalue weighted by Gasteiger charge is 2.07. The predicted octanol–water partition coefficient (Wildman–Crippen LogP) is 3.16. The van der Waals surface area contributed by atoms with Gasteiger partial charge >= 0.3 is 0 Å². The zero-order valence-corrected chi connectivity index (χ0v) is 9.92. The van der Waals surface area contributed by atoms with Gasteiger partial charge in [-0.3, -0.25) is 0 Å². The van der Waals surface area contributed by atoms with Gasteiger partial charge in [-0.1, -0.05) is 30.3 Å². The fourth-order valence-electron chi connectivity index (χ4n) is 1.69. The zero-order valence-electron chi connectivity index (χ0n) is 8.34. The topological polar surface area (TPSA) is 30.2 Å². The minimum atomic E-state index is 0.835. The molecule has 78 valence electrons. The third-order valence-corrected chi connectivity index (χ3v) is 2.99. The lowest BCUT2D eigenvalue weighted by Gasteiger charge is -2.03. The minimum Gasteiger partial charge on any atom is -0.236 e. The summed E-state index contributed by atoms with van der Waals surface area (Å²) in [5.41, 5.74) is 3.00. The van der Waals surface area contributed by atoms with Crippen LogP contribution in [-0.2, 0) is 0 Å². The molecule has 0 fully saturated rings. The van der Waals surface area contributed by atoms with Crippen LogP contribution in [0.5, 0.6) is 0 Å². The maximum absolute atomic E-state index is 4.30. The summed E-state index contributed by atoms with van der Waals surface area (Å²) in [6.45, 7) is 0. The van der Waals surface area contributed by atoms with Gasteiger partial charge < -0.3 is 0 Å². The van der Waals surface area contributed by atoms with Gasteiger partial charge in [-0.05, 0) is 22.0 Å². The molecule has 3 aromatic rings. The molecule has 0 N–H and O–H groups in total. The summed E-state index contributed by atoms with van der Waals surface area (Å²) < 4.78 is 2.74. The molecule has 0 bridgehead atoms. The van der Waals surface area contributed by atoms with Gasteiger partial charge in [0, 0.05) is 11.8 Å². The Bertz CT molecular complexity index is 631. The Morgan fingerprint density at radius 1 is 1.06 bits per heavy atom. The third-order valence-electron chi connectivity index (χ3n) is 2.43. The van der Waals surface area contributed by atoms with Crippen LogP contribution in [0.25, 0.3) is 16.9 Å². The van der Waals surface area contributed by atoms with Gasteiger partial charge in [-0.2, -0.15) is 5.10 Å². The maximum Gasteiger partial charge on any atom is 0.169 e. The lowest BCUT2D eigenvalue weighted by atomic mass is 10.1. The summed E-state index contributed by atoms with van der Waals surface area (Å²) in [5, 5.41) is 4.30. The first kappa shape index (κ1) is 9.54. The molecule has 0 saturated carbocycles. The van der Waals surface area contributed by atoms with Crippen molar-refractivity contribution in [2.45, 2.75) is 0 Å². The average Bonchev–Trinajstić information content (AvgIpc) is 2.73. The van der Waals surface area contributed by atoms with E-state index in [1.807, 2.05) is 28.8 Å². The van der Waals surface area contributed by atoms with E-state index >= 15 is 0 Å². The minimum absolute atomic E-state index is 0.835. The predicted molar refractivity (Wildman–Crippen MR) is 66.1 cm³/mol. The second kappa shape index (κ2) is 3.72. The normalized spacial score (nSPS) is 10.8. The molecule has 1 aromatic carbocycles. The van der Waals surface area contributed by atoms with Crippen LogP contribution < -0.4 is 0 Å². The Morgan fingerprint density at radius 3 is 2.69 bits per heavy atom. The van der Waals surface area contributed by atoms with E-state index in [2.05, 4.69) is 38.1 Å². The zero-order chi connectivity index (χ0) is 11.0. The Morgan fingerprint density at radius 2 is 1.88 bits per heavy atom. The average molecular weight is 274 g/mol. The molecular formula is C12H8BrN3. The molecule has 0 amide bonds. The fourth-order valence-corrected chi connectivity index (χ4v) is 2.05. The molecule has 0 aliphatic heterocycles. The number of fused-ring (bicyclic) bond motifs is 1. The lowest BCUT2D eigenvalue weighted by molar-refractivity contribution is 0.948. The van der Waals surface area contributed by atoms with Gasteiger partial charge in [0.2, 0.25) is 0 Å². The van der Waals surface area contributed by atoms with Crippen molar-refractivity contribution in [2.75, 3.05) is 0 Å². The van der Waals surface area contributed by atoms with Gasteiger partial charge in [0.25, 0.3) is 0 Å². The summed E-state index contributed by atoms with van der Waals surface area (Å²) in [7, 11) is 0. The Labute approximate surface area is 101 Å². The third kappa shape index (κ3) is 1.42. The number of nitrogens with zero attached hydrogens (tertiary/aromatic N) is 3. The van der Waals surface area contributed by atoms with E-state index in [-0.39, 0.29) is 0 Å². The molecule has 3 rings (SSSR count). The van der Waals surface area contributed by atoms with Crippen molar-refractivity contribution in [1.29, 1.82) is 0 Å². The molecule has 0 radical (unpaired) electrons. The van der Waals surface area contributed by atoms with Crippen LogP contribution >= 0.6 is 15.9 Å². The van der Waals surface area contributed by atoms with E-state index in [0.717, 1.165) is 21.4 Å². The van der Waals surface area contributed by atoms with E-state index in [1.54, 1.807) is 12.4 Å². The summed E-state index contributed by atoms with van der Waals surface area (Å²) in [6, 6.07) is 12.1. The molecule has 0 spiro atoms. The fraction of sp³-hybridized carbons (Fsp3) is 0. The summed E-state index contributed by atoms with van der Waals surface area (Å²) >= 11 is 3.43. The molecule has 2 aromatic heterocycles. The first-order valence-electron chi connectivity index (χ1n) is 4.90. The first-order valence-corrected chi connectivity index (χ1v) is 5.69. The van der Waals surface area contributed by atoms with Crippen molar-refractivity contribution in [3.8, 4) is 11.3 Å². The van der Waals surface area contributed by atoms with Crippen LogP contribution in [0.2, 0.25) is 0 Å². The van der Waals surface area contributed by atoms with Crippen molar-refractivity contribution in [3.05, 3.63) is 53.3 Å². The van der Waals surface area contributed by atoms with Crippen molar-refractivity contribution in [3.63, 3.8) is 0 Å². The van der Waals surface area contributed by atoms with E-state index in [0.29, 0.717) is 0 Å². The molecule has 0 aliphatic carbocycles. The summed E-state index contributed by atoms with van der Waals surface area (Å²) in [6.07, 6.45) is 3.55. The van der Waals surface area contributed by atoms with Crippen molar-refractivity contribution >= 4 is 21.6 Å². The molecule has 2 heterocycles. The van der Waals surface area contributed by atoms with Crippen molar-refractivity contribution in [1.82, 2.24) is 14.6 Å². The second-order valence-corrected chi connectivity index (χ2v) is 4.28. The number of rotatable bonds is 1. The smallest absolute Gasteiger partial charge is 0.169 e. The van der Waals surface area contributed by atoms with E-state index in [9.17, 15) is 0 Å². The van der Waals surface area contributed by atoms with Crippen molar-refractivity contribution in [2.24, 2.45) is 0 Å². The number of hydrogen-bond donors (Lipinski definition) is 0. The first-order chi connectivity index (χ1) is 7.86. The molecule has 0 aliphatic rings. The molecule has 0 unspecified atom stereocenters. The number of benzene rings is 1. The molecule has 3 nitrogen and oxygen atoms in total.